The highest BCUT2D eigenvalue weighted by Gasteiger charge is 2.27. The molecule has 1 heterocycles. The van der Waals surface area contributed by atoms with E-state index in [9.17, 15) is 16.8 Å². The lowest BCUT2D eigenvalue weighted by Crippen LogP contribution is -2.12. The van der Waals surface area contributed by atoms with Gasteiger partial charge < -0.3 is 0 Å². The van der Waals surface area contributed by atoms with Gasteiger partial charge >= 0.3 is 0 Å². The van der Waals surface area contributed by atoms with Gasteiger partial charge in [0.1, 0.15) is 19.9 Å². The number of aromatic nitrogens is 2. The Morgan fingerprint density at radius 2 is 1.80 bits per heavy atom. The van der Waals surface area contributed by atoms with Crippen LogP contribution in [0.2, 0.25) is 5.15 Å². The Kier molecular flexibility index (Phi) is 5.51. The molecule has 0 aliphatic rings. The zero-order valence-corrected chi connectivity index (χ0v) is 14.4. The quantitative estimate of drug-likeness (QED) is 0.718. The predicted octanol–water partition coefficient (Wildman–Crippen LogP) is 1.71. The zero-order valence-electron chi connectivity index (χ0n) is 11.3. The molecule has 0 amide bonds. The fourth-order valence-electron chi connectivity index (χ4n) is 1.63. The summed E-state index contributed by atoms with van der Waals surface area (Å²) in [6.07, 6.45) is 1.46. The maximum atomic E-state index is 11.6. The van der Waals surface area contributed by atoms with E-state index < -0.39 is 18.9 Å². The Morgan fingerprint density at radius 3 is 2.20 bits per heavy atom. The summed E-state index contributed by atoms with van der Waals surface area (Å²) in [6, 6.07) is 0. The largest absolute Gasteiger partial charge is 0.266 e. The summed E-state index contributed by atoms with van der Waals surface area (Å²) in [5.74, 6) is -0.0291. The molecule has 0 atom stereocenters. The van der Waals surface area contributed by atoms with E-state index in [1.807, 2.05) is 13.8 Å². The van der Waals surface area contributed by atoms with Crippen LogP contribution in [0.25, 0.3) is 0 Å². The Morgan fingerprint density at radius 1 is 1.25 bits per heavy atom. The first kappa shape index (κ1) is 17.7. The Bertz CT molecular complexity index is 693. The van der Waals surface area contributed by atoms with Gasteiger partial charge in [-0.3, -0.25) is 4.68 Å². The smallest absolute Gasteiger partial charge is 0.251 e. The summed E-state index contributed by atoms with van der Waals surface area (Å²) < 4.78 is 46.6. The minimum Gasteiger partial charge on any atom is -0.251 e. The number of nitrogens with zero attached hydrogens (tertiary/aromatic N) is 2. The van der Waals surface area contributed by atoms with E-state index in [0.717, 1.165) is 10.9 Å². The number of sulfone groups is 1. The van der Waals surface area contributed by atoms with E-state index in [4.69, 9.17) is 22.3 Å². The van der Waals surface area contributed by atoms with Crippen LogP contribution >= 0.6 is 22.3 Å². The van der Waals surface area contributed by atoms with Gasteiger partial charge in [-0.05, 0) is 12.3 Å². The van der Waals surface area contributed by atoms with Crippen LogP contribution in [0.5, 0.6) is 0 Å². The third-order valence-corrected chi connectivity index (χ3v) is 5.24. The minimum absolute atomic E-state index is 0.0187. The average molecular weight is 363 g/mol. The van der Waals surface area contributed by atoms with Gasteiger partial charge in [-0.25, -0.2) is 16.8 Å². The van der Waals surface area contributed by atoms with Crippen LogP contribution < -0.4 is 0 Å². The number of hydrogen-bond donors (Lipinski definition) is 0. The van der Waals surface area contributed by atoms with Crippen LogP contribution in [-0.2, 0) is 31.9 Å². The SMILES string of the molecule is CC(C)Cc1nn(CCS(C)(=O)=O)c(Cl)c1S(=O)(=O)Cl. The fraction of sp³-hybridized carbons (Fsp3) is 0.700. The highest BCUT2D eigenvalue weighted by Crippen LogP contribution is 2.30. The topological polar surface area (TPSA) is 86.1 Å². The lowest BCUT2D eigenvalue weighted by atomic mass is 10.1. The normalized spacial score (nSPS) is 13.1. The number of hydrogen-bond acceptors (Lipinski definition) is 5. The predicted molar refractivity (Wildman–Crippen MR) is 78.5 cm³/mol. The maximum absolute atomic E-state index is 11.6. The van der Waals surface area contributed by atoms with Crippen LogP contribution in [0.1, 0.15) is 19.5 Å². The fourth-order valence-corrected chi connectivity index (χ4v) is 3.99. The first-order valence-corrected chi connectivity index (χ1v) is 10.5. The van der Waals surface area contributed by atoms with Crippen LogP contribution in [0.3, 0.4) is 0 Å². The van der Waals surface area contributed by atoms with E-state index in [0.29, 0.717) is 6.42 Å². The molecule has 1 rings (SSSR count). The molecule has 0 saturated carbocycles. The molecule has 1 aromatic heterocycles. The van der Waals surface area contributed by atoms with Crippen molar-refractivity contribution in [2.45, 2.75) is 31.7 Å². The Labute approximate surface area is 128 Å². The van der Waals surface area contributed by atoms with Crippen molar-refractivity contribution in [1.29, 1.82) is 0 Å². The Hall–Kier alpha value is -0.310. The molecule has 0 aliphatic carbocycles. The third kappa shape index (κ3) is 4.91. The van der Waals surface area contributed by atoms with Gasteiger partial charge in [0.2, 0.25) is 0 Å². The molecule has 0 aliphatic heterocycles. The molecule has 0 N–H and O–H groups in total. The molecule has 20 heavy (non-hydrogen) atoms. The second kappa shape index (κ2) is 6.21. The van der Waals surface area contributed by atoms with E-state index in [1.165, 1.54) is 0 Å². The molecule has 1 aromatic rings. The first-order chi connectivity index (χ1) is 8.92. The summed E-state index contributed by atoms with van der Waals surface area (Å²) in [7, 11) is -1.87. The maximum Gasteiger partial charge on any atom is 0.266 e. The average Bonchev–Trinajstić information content (AvgIpc) is 2.49. The van der Waals surface area contributed by atoms with Gasteiger partial charge in [-0.15, -0.1) is 0 Å². The molecule has 0 fully saturated rings. The molecular formula is C10H16Cl2N2O4S2. The Balaban J connectivity index is 3.26. The van der Waals surface area contributed by atoms with Crippen molar-refractivity contribution in [3.63, 3.8) is 0 Å². The molecule has 6 nitrogen and oxygen atoms in total. The van der Waals surface area contributed by atoms with E-state index in [-0.39, 0.29) is 34.0 Å². The lowest BCUT2D eigenvalue weighted by Gasteiger charge is -2.02. The van der Waals surface area contributed by atoms with Crippen LogP contribution in [-0.4, -0.2) is 38.6 Å². The molecule has 0 spiro atoms. The van der Waals surface area contributed by atoms with Crippen molar-refractivity contribution in [1.82, 2.24) is 9.78 Å². The molecule has 0 bridgehead atoms. The highest BCUT2D eigenvalue weighted by molar-refractivity contribution is 8.13. The van der Waals surface area contributed by atoms with Crippen molar-refractivity contribution >= 4 is 41.2 Å². The molecule has 116 valence electrons. The molecule has 10 heteroatoms. The zero-order chi connectivity index (χ0) is 15.7. The van der Waals surface area contributed by atoms with Crippen molar-refractivity contribution < 1.29 is 16.8 Å². The summed E-state index contributed by atoms with van der Waals surface area (Å²) in [5, 5.41) is 3.92. The minimum atomic E-state index is -4.04. The summed E-state index contributed by atoms with van der Waals surface area (Å²) in [6.45, 7) is 3.78. The molecule has 0 aromatic carbocycles. The van der Waals surface area contributed by atoms with Crippen LogP contribution in [0.4, 0.5) is 0 Å². The molecular weight excluding hydrogens is 347 g/mol. The van der Waals surface area contributed by atoms with E-state index in [2.05, 4.69) is 5.10 Å². The van der Waals surface area contributed by atoms with E-state index >= 15 is 0 Å². The third-order valence-electron chi connectivity index (χ3n) is 2.44. The van der Waals surface area contributed by atoms with E-state index in [1.54, 1.807) is 0 Å². The summed E-state index contributed by atoms with van der Waals surface area (Å²) >= 11 is 5.97. The second-order valence-electron chi connectivity index (χ2n) is 4.96. The van der Waals surface area contributed by atoms with Gasteiger partial charge in [0.25, 0.3) is 9.05 Å². The van der Waals surface area contributed by atoms with Crippen molar-refractivity contribution in [2.24, 2.45) is 5.92 Å². The standard InChI is InChI=1S/C10H16Cl2N2O4S2/c1-7(2)6-8-9(20(12,17)18)10(11)14(13-8)4-5-19(3,15)16/h7H,4-6H2,1-3H3. The van der Waals surface area contributed by atoms with Crippen LogP contribution in [0.15, 0.2) is 4.90 Å². The van der Waals surface area contributed by atoms with Gasteiger partial charge in [0.15, 0.2) is 0 Å². The lowest BCUT2D eigenvalue weighted by molar-refractivity contribution is 0.576. The molecule has 0 unspecified atom stereocenters. The summed E-state index contributed by atoms with van der Waals surface area (Å²) in [4.78, 5) is -0.233. The number of halogens is 2. The van der Waals surface area contributed by atoms with Crippen LogP contribution in [0, 0.1) is 5.92 Å². The summed E-state index contributed by atoms with van der Waals surface area (Å²) in [5.41, 5.74) is 0.258. The monoisotopic (exact) mass is 362 g/mol. The van der Waals surface area contributed by atoms with Crippen molar-refractivity contribution in [3.8, 4) is 0 Å². The van der Waals surface area contributed by atoms with Crippen molar-refractivity contribution in [2.75, 3.05) is 12.0 Å². The second-order valence-corrected chi connectivity index (χ2v) is 10.1. The van der Waals surface area contributed by atoms with Gasteiger partial charge in [-0.1, -0.05) is 25.4 Å². The number of rotatable bonds is 6. The van der Waals surface area contributed by atoms with Gasteiger partial charge in [0.05, 0.1) is 18.0 Å². The van der Waals surface area contributed by atoms with Gasteiger partial charge in [-0.2, -0.15) is 5.10 Å². The van der Waals surface area contributed by atoms with Gasteiger partial charge in [0, 0.05) is 16.9 Å². The van der Waals surface area contributed by atoms with Crippen molar-refractivity contribution in [3.05, 3.63) is 10.8 Å². The molecule has 0 saturated heterocycles. The number of aryl methyl sites for hydroxylation is 1. The molecule has 0 radical (unpaired) electrons. The highest BCUT2D eigenvalue weighted by atomic mass is 35.7. The first-order valence-electron chi connectivity index (χ1n) is 5.79.